The van der Waals surface area contributed by atoms with Gasteiger partial charge in [0.25, 0.3) is 0 Å². The molecule has 1 rings (SSSR count). The maximum atomic E-state index is 3.50. The zero-order valence-electron chi connectivity index (χ0n) is 11.6. The quantitative estimate of drug-likeness (QED) is 0.590. The van der Waals surface area contributed by atoms with Gasteiger partial charge in [-0.1, -0.05) is 75.0 Å². The Bertz CT molecular complexity index is 328. The molecule has 1 aromatic rings. The molecule has 0 aliphatic carbocycles. The molecule has 0 aromatic heterocycles. The molecule has 0 amide bonds. The average Bonchev–Trinajstić information content (AvgIpc) is 2.36. The molecule has 0 aliphatic heterocycles. The molecule has 96 valence electrons. The number of halogens is 1. The number of hydrogen-bond donors (Lipinski definition) is 0. The SMILES string of the molecule is CCCCC(C)(CC)[C@@H](C)c1ccc(Br)cc1. The standard InChI is InChI=1S/C16H25Br/c1-5-7-12-16(4,6-2)13(3)14-8-10-15(17)11-9-14/h8-11,13H,5-7,12H2,1-4H3/t13-,16?/m0/s1. The third-order valence-corrected chi connectivity index (χ3v) is 4.85. The van der Waals surface area contributed by atoms with Gasteiger partial charge in [0.05, 0.1) is 0 Å². The summed E-state index contributed by atoms with van der Waals surface area (Å²) in [5.74, 6) is 0.632. The molecule has 0 radical (unpaired) electrons. The predicted octanol–water partition coefficient (Wildman–Crippen LogP) is 6.16. The summed E-state index contributed by atoms with van der Waals surface area (Å²) in [6.45, 7) is 9.42. The van der Waals surface area contributed by atoms with E-state index in [2.05, 4.69) is 67.9 Å². The van der Waals surface area contributed by atoms with Crippen molar-refractivity contribution >= 4 is 15.9 Å². The van der Waals surface area contributed by atoms with Crippen molar-refractivity contribution in [2.75, 3.05) is 0 Å². The van der Waals surface area contributed by atoms with Crippen LogP contribution in [0.25, 0.3) is 0 Å². The summed E-state index contributed by atoms with van der Waals surface area (Å²) in [5.41, 5.74) is 1.90. The zero-order valence-corrected chi connectivity index (χ0v) is 13.2. The Balaban J connectivity index is 2.84. The van der Waals surface area contributed by atoms with Gasteiger partial charge < -0.3 is 0 Å². The minimum atomic E-state index is 0.434. The predicted molar refractivity (Wildman–Crippen MR) is 80.5 cm³/mol. The highest BCUT2D eigenvalue weighted by atomic mass is 79.9. The second-order valence-corrected chi connectivity index (χ2v) is 6.30. The third kappa shape index (κ3) is 3.84. The van der Waals surface area contributed by atoms with Crippen LogP contribution >= 0.6 is 15.9 Å². The van der Waals surface area contributed by atoms with Crippen LogP contribution in [0.15, 0.2) is 28.7 Å². The summed E-state index contributed by atoms with van der Waals surface area (Å²) in [7, 11) is 0. The fourth-order valence-corrected chi connectivity index (χ4v) is 2.70. The first-order valence-corrected chi connectivity index (χ1v) is 7.58. The summed E-state index contributed by atoms with van der Waals surface area (Å²) in [6, 6.07) is 8.83. The molecule has 0 saturated heterocycles. The van der Waals surface area contributed by atoms with Crippen LogP contribution in [-0.4, -0.2) is 0 Å². The molecule has 0 fully saturated rings. The maximum Gasteiger partial charge on any atom is 0.0175 e. The lowest BCUT2D eigenvalue weighted by molar-refractivity contribution is 0.226. The number of unbranched alkanes of at least 4 members (excludes halogenated alkanes) is 1. The molecular formula is C16H25Br. The van der Waals surface area contributed by atoms with E-state index < -0.39 is 0 Å². The van der Waals surface area contributed by atoms with Crippen molar-refractivity contribution in [2.24, 2.45) is 5.41 Å². The third-order valence-electron chi connectivity index (χ3n) is 4.32. The first-order valence-electron chi connectivity index (χ1n) is 6.79. The molecule has 0 bridgehead atoms. The smallest absolute Gasteiger partial charge is 0.0175 e. The highest BCUT2D eigenvalue weighted by Crippen LogP contribution is 2.42. The van der Waals surface area contributed by atoms with Crippen molar-refractivity contribution < 1.29 is 0 Å². The molecule has 0 nitrogen and oxygen atoms in total. The fourth-order valence-electron chi connectivity index (χ4n) is 2.43. The van der Waals surface area contributed by atoms with Crippen LogP contribution in [0.5, 0.6) is 0 Å². The second-order valence-electron chi connectivity index (χ2n) is 5.38. The lowest BCUT2D eigenvalue weighted by Gasteiger charge is -2.35. The van der Waals surface area contributed by atoms with Gasteiger partial charge in [-0.25, -0.2) is 0 Å². The monoisotopic (exact) mass is 296 g/mol. The summed E-state index contributed by atoms with van der Waals surface area (Å²) in [6.07, 6.45) is 5.22. The van der Waals surface area contributed by atoms with Crippen molar-refractivity contribution in [3.8, 4) is 0 Å². The van der Waals surface area contributed by atoms with Gasteiger partial charge in [0.2, 0.25) is 0 Å². The minimum absolute atomic E-state index is 0.434. The van der Waals surface area contributed by atoms with Gasteiger partial charge in [-0.15, -0.1) is 0 Å². The van der Waals surface area contributed by atoms with Gasteiger partial charge in [0.1, 0.15) is 0 Å². The van der Waals surface area contributed by atoms with E-state index in [0.717, 1.165) is 0 Å². The van der Waals surface area contributed by atoms with Crippen LogP contribution < -0.4 is 0 Å². The van der Waals surface area contributed by atoms with E-state index in [4.69, 9.17) is 0 Å². The highest BCUT2D eigenvalue weighted by Gasteiger charge is 2.29. The van der Waals surface area contributed by atoms with Gasteiger partial charge >= 0.3 is 0 Å². The number of benzene rings is 1. The van der Waals surface area contributed by atoms with Gasteiger partial charge in [-0.3, -0.25) is 0 Å². The topological polar surface area (TPSA) is 0 Å². The molecule has 2 atom stereocenters. The van der Waals surface area contributed by atoms with Gasteiger partial charge in [-0.05, 0) is 35.4 Å². The van der Waals surface area contributed by atoms with Crippen molar-refractivity contribution in [1.29, 1.82) is 0 Å². The fraction of sp³-hybridized carbons (Fsp3) is 0.625. The Kier molecular flexibility index (Phi) is 5.72. The summed E-state index contributed by atoms with van der Waals surface area (Å²) in [4.78, 5) is 0. The van der Waals surface area contributed by atoms with E-state index in [-0.39, 0.29) is 0 Å². The Labute approximate surface area is 115 Å². The first-order chi connectivity index (χ1) is 8.03. The zero-order chi connectivity index (χ0) is 12.9. The van der Waals surface area contributed by atoms with Crippen molar-refractivity contribution in [3.63, 3.8) is 0 Å². The van der Waals surface area contributed by atoms with Crippen LogP contribution in [0.2, 0.25) is 0 Å². The number of rotatable bonds is 6. The van der Waals surface area contributed by atoms with Crippen LogP contribution in [-0.2, 0) is 0 Å². The average molecular weight is 297 g/mol. The molecule has 17 heavy (non-hydrogen) atoms. The van der Waals surface area contributed by atoms with Crippen molar-refractivity contribution in [2.45, 2.75) is 59.3 Å². The Morgan fingerprint density at radius 2 is 1.76 bits per heavy atom. The van der Waals surface area contributed by atoms with Crippen LogP contribution in [0, 0.1) is 5.41 Å². The molecular weight excluding hydrogens is 272 g/mol. The minimum Gasteiger partial charge on any atom is -0.0654 e. The van der Waals surface area contributed by atoms with E-state index in [0.29, 0.717) is 11.3 Å². The lowest BCUT2D eigenvalue weighted by Crippen LogP contribution is -2.23. The summed E-state index contributed by atoms with van der Waals surface area (Å²) < 4.78 is 1.17. The number of hydrogen-bond acceptors (Lipinski definition) is 0. The van der Waals surface area contributed by atoms with Gasteiger partial charge in [0, 0.05) is 4.47 Å². The molecule has 1 aromatic carbocycles. The summed E-state index contributed by atoms with van der Waals surface area (Å²) >= 11 is 3.50. The van der Waals surface area contributed by atoms with Crippen LogP contribution in [0.4, 0.5) is 0 Å². The van der Waals surface area contributed by atoms with E-state index >= 15 is 0 Å². The highest BCUT2D eigenvalue weighted by molar-refractivity contribution is 9.10. The van der Waals surface area contributed by atoms with Crippen molar-refractivity contribution in [1.82, 2.24) is 0 Å². The molecule has 0 saturated carbocycles. The van der Waals surface area contributed by atoms with Crippen LogP contribution in [0.3, 0.4) is 0 Å². The van der Waals surface area contributed by atoms with Crippen molar-refractivity contribution in [3.05, 3.63) is 34.3 Å². The molecule has 0 heterocycles. The lowest BCUT2D eigenvalue weighted by atomic mass is 9.70. The maximum absolute atomic E-state index is 3.50. The van der Waals surface area contributed by atoms with Gasteiger partial charge in [-0.2, -0.15) is 0 Å². The van der Waals surface area contributed by atoms with E-state index in [9.17, 15) is 0 Å². The molecule has 1 unspecified atom stereocenters. The second kappa shape index (κ2) is 6.58. The molecule has 0 N–H and O–H groups in total. The summed E-state index contributed by atoms with van der Waals surface area (Å²) in [5, 5.41) is 0. The molecule has 0 aliphatic rings. The molecule has 1 heteroatoms. The first kappa shape index (κ1) is 14.8. The largest absolute Gasteiger partial charge is 0.0654 e. The van der Waals surface area contributed by atoms with Crippen LogP contribution in [0.1, 0.15) is 64.9 Å². The van der Waals surface area contributed by atoms with E-state index in [1.54, 1.807) is 0 Å². The Hall–Kier alpha value is -0.300. The molecule has 0 spiro atoms. The normalized spacial score (nSPS) is 16.5. The Morgan fingerprint density at radius 1 is 1.18 bits per heavy atom. The Morgan fingerprint density at radius 3 is 2.24 bits per heavy atom. The van der Waals surface area contributed by atoms with Gasteiger partial charge in [0.15, 0.2) is 0 Å². The van der Waals surface area contributed by atoms with E-state index in [1.807, 2.05) is 0 Å². The van der Waals surface area contributed by atoms with E-state index in [1.165, 1.54) is 35.7 Å².